The van der Waals surface area contributed by atoms with E-state index in [1.54, 1.807) is 28.3 Å². The number of aryl methyl sites for hydroxylation is 2. The van der Waals surface area contributed by atoms with Crippen molar-refractivity contribution < 1.29 is 29.3 Å². The highest BCUT2D eigenvalue weighted by Gasteiger charge is 2.19. The molecule has 0 aliphatic carbocycles. The molecule has 42 heavy (non-hydrogen) atoms. The van der Waals surface area contributed by atoms with Gasteiger partial charge in [-0.05, 0) is 50.2 Å². The molecule has 0 aliphatic rings. The van der Waals surface area contributed by atoms with Crippen molar-refractivity contribution in [1.82, 2.24) is 19.3 Å². The number of aromatic nitrogens is 4. The summed E-state index contributed by atoms with van der Waals surface area (Å²) in [5, 5.41) is 28.8. The van der Waals surface area contributed by atoms with Crippen molar-refractivity contribution in [3.8, 4) is 5.75 Å². The molecule has 2 aromatic carbocycles. The number of aliphatic hydroxyl groups excluding tert-OH is 1. The number of nitrogen functional groups attached to an aromatic ring is 1. The van der Waals surface area contributed by atoms with E-state index in [2.05, 4.69) is 20.7 Å². The fourth-order valence-electron chi connectivity index (χ4n) is 4.34. The number of benzene rings is 2. The topological polar surface area (TPSA) is 213 Å². The number of allylic oxidation sites excluding steroid dienone is 1. The Balaban J connectivity index is 1.57. The standard InChI is InChI=1S/C28H32N8O6/c1-3-36-22(12-16(2)34-36)26(39)33-28-32-20-14-17(27(40)41)6-7-21(20)35(28)9-5-4-8-31-24-19(29)13-18(25(30)38)15-23(24)42-11-10-37/h4-7,12-15,31,37H,3,8-11,29H2,1-2H3,(H2,30,38)(H,40,41)(H,32,33,39)/b5-4+. The molecule has 0 bridgehead atoms. The fourth-order valence-corrected chi connectivity index (χ4v) is 4.34. The first-order chi connectivity index (χ1) is 20.1. The number of carbonyl (C=O) groups is 3. The lowest BCUT2D eigenvalue weighted by Crippen LogP contribution is -2.19. The molecule has 4 aromatic rings. The van der Waals surface area contributed by atoms with Crippen LogP contribution in [-0.4, -0.2) is 67.1 Å². The van der Waals surface area contributed by atoms with E-state index in [1.807, 2.05) is 19.1 Å². The molecule has 0 spiro atoms. The molecule has 14 heteroatoms. The summed E-state index contributed by atoms with van der Waals surface area (Å²) in [5.41, 5.74) is 14.5. The molecule has 0 fully saturated rings. The number of nitrogens with zero attached hydrogens (tertiary/aromatic N) is 4. The zero-order valence-electron chi connectivity index (χ0n) is 23.1. The maximum atomic E-state index is 13.1. The largest absolute Gasteiger partial charge is 0.489 e. The molecule has 4 rings (SSSR count). The predicted octanol–water partition coefficient (Wildman–Crippen LogP) is 2.23. The van der Waals surface area contributed by atoms with Crippen molar-refractivity contribution in [2.75, 3.05) is 36.1 Å². The van der Waals surface area contributed by atoms with Gasteiger partial charge >= 0.3 is 5.97 Å². The first-order valence-corrected chi connectivity index (χ1v) is 13.1. The maximum Gasteiger partial charge on any atom is 0.335 e. The van der Waals surface area contributed by atoms with Gasteiger partial charge in [-0.3, -0.25) is 19.6 Å². The van der Waals surface area contributed by atoms with Gasteiger partial charge in [0.1, 0.15) is 23.7 Å². The summed E-state index contributed by atoms with van der Waals surface area (Å²) in [6.45, 7) is 4.55. The van der Waals surface area contributed by atoms with Crippen LogP contribution in [0.25, 0.3) is 11.0 Å². The van der Waals surface area contributed by atoms with Crippen LogP contribution in [-0.2, 0) is 13.1 Å². The predicted molar refractivity (Wildman–Crippen MR) is 157 cm³/mol. The lowest BCUT2D eigenvalue weighted by molar-refractivity contribution is 0.0696. The number of primary amides is 1. The van der Waals surface area contributed by atoms with Gasteiger partial charge in [0.05, 0.1) is 34.6 Å². The van der Waals surface area contributed by atoms with Crippen molar-refractivity contribution in [3.63, 3.8) is 0 Å². The van der Waals surface area contributed by atoms with Crippen molar-refractivity contribution in [2.24, 2.45) is 5.73 Å². The number of amides is 2. The van der Waals surface area contributed by atoms with Crippen molar-refractivity contribution in [1.29, 1.82) is 0 Å². The van der Waals surface area contributed by atoms with Crippen LogP contribution in [0.4, 0.5) is 17.3 Å². The quantitative estimate of drug-likeness (QED) is 0.101. The average molecular weight is 577 g/mol. The summed E-state index contributed by atoms with van der Waals surface area (Å²) in [4.78, 5) is 40.8. The van der Waals surface area contributed by atoms with Gasteiger partial charge in [0.15, 0.2) is 0 Å². The summed E-state index contributed by atoms with van der Waals surface area (Å²) >= 11 is 0. The molecule has 0 saturated heterocycles. The Morgan fingerprint density at radius 1 is 1.12 bits per heavy atom. The number of nitrogens with one attached hydrogen (secondary N) is 2. The number of fused-ring (bicyclic) bond motifs is 1. The molecule has 14 nitrogen and oxygen atoms in total. The molecular formula is C28H32N8O6. The van der Waals surface area contributed by atoms with E-state index in [0.29, 0.717) is 41.2 Å². The van der Waals surface area contributed by atoms with Crippen LogP contribution in [0.5, 0.6) is 5.75 Å². The second-order valence-electron chi connectivity index (χ2n) is 9.22. The van der Waals surface area contributed by atoms with Gasteiger partial charge in [-0.25, -0.2) is 9.78 Å². The van der Waals surface area contributed by atoms with Crippen molar-refractivity contribution in [3.05, 3.63) is 71.1 Å². The van der Waals surface area contributed by atoms with Gasteiger partial charge in [0.25, 0.3) is 5.91 Å². The summed E-state index contributed by atoms with van der Waals surface area (Å²) in [6.07, 6.45) is 3.65. The van der Waals surface area contributed by atoms with Crippen molar-refractivity contribution >= 4 is 46.1 Å². The van der Waals surface area contributed by atoms with Crippen molar-refractivity contribution in [2.45, 2.75) is 26.9 Å². The van der Waals surface area contributed by atoms with Gasteiger partial charge in [0, 0.05) is 25.2 Å². The van der Waals surface area contributed by atoms with E-state index in [9.17, 15) is 19.5 Å². The van der Waals surface area contributed by atoms with E-state index >= 15 is 0 Å². The number of hydrogen-bond donors (Lipinski definition) is 6. The molecule has 220 valence electrons. The van der Waals surface area contributed by atoms with E-state index in [1.165, 1.54) is 24.3 Å². The minimum atomic E-state index is -1.09. The van der Waals surface area contributed by atoms with E-state index in [4.69, 9.17) is 21.3 Å². The molecule has 0 unspecified atom stereocenters. The lowest BCUT2D eigenvalue weighted by atomic mass is 10.1. The molecule has 2 aromatic heterocycles. The summed E-state index contributed by atoms with van der Waals surface area (Å²) < 4.78 is 8.87. The van der Waals surface area contributed by atoms with E-state index in [0.717, 1.165) is 0 Å². The molecule has 0 radical (unpaired) electrons. The highest BCUT2D eigenvalue weighted by atomic mass is 16.5. The number of hydrogen-bond acceptors (Lipinski definition) is 9. The first kappa shape index (κ1) is 29.6. The molecular weight excluding hydrogens is 544 g/mol. The number of aromatic carboxylic acids is 1. The number of ether oxygens (including phenoxy) is 1. The van der Waals surface area contributed by atoms with Crippen LogP contribution in [0.2, 0.25) is 0 Å². The summed E-state index contributed by atoms with van der Waals surface area (Å²) in [7, 11) is 0. The first-order valence-electron chi connectivity index (χ1n) is 13.1. The molecule has 0 saturated carbocycles. The monoisotopic (exact) mass is 576 g/mol. The average Bonchev–Trinajstić information content (AvgIpc) is 3.51. The Bertz CT molecular complexity index is 1670. The number of imidazole rings is 1. The van der Waals surface area contributed by atoms with Crippen LogP contribution in [0.1, 0.15) is 43.8 Å². The van der Waals surface area contributed by atoms with Crippen LogP contribution >= 0.6 is 0 Å². The normalized spacial score (nSPS) is 11.2. The number of carboxylic acids is 1. The van der Waals surface area contributed by atoms with Crippen LogP contribution in [0.15, 0.2) is 48.6 Å². The van der Waals surface area contributed by atoms with Gasteiger partial charge in [0.2, 0.25) is 11.9 Å². The Kier molecular flexibility index (Phi) is 9.07. The Hall–Kier alpha value is -5.37. The fraction of sp³-hybridized carbons (Fsp3) is 0.250. The van der Waals surface area contributed by atoms with Crippen LogP contribution in [0, 0.1) is 6.92 Å². The Labute approximate surface area is 240 Å². The minimum Gasteiger partial charge on any atom is -0.489 e. The zero-order valence-corrected chi connectivity index (χ0v) is 23.1. The van der Waals surface area contributed by atoms with Crippen LogP contribution in [0.3, 0.4) is 0 Å². The number of aliphatic hydroxyl groups is 1. The molecule has 0 atom stereocenters. The Morgan fingerprint density at radius 3 is 2.60 bits per heavy atom. The summed E-state index contributed by atoms with van der Waals surface area (Å²) in [5.74, 6) is -1.64. The van der Waals surface area contributed by atoms with Gasteiger partial charge in [-0.2, -0.15) is 5.10 Å². The molecule has 2 amide bonds. The second kappa shape index (κ2) is 12.9. The highest BCUT2D eigenvalue weighted by molar-refractivity contribution is 6.03. The smallest absolute Gasteiger partial charge is 0.335 e. The second-order valence-corrected chi connectivity index (χ2v) is 9.22. The van der Waals surface area contributed by atoms with Gasteiger partial charge in [-0.1, -0.05) is 12.2 Å². The number of carboxylic acid groups (broad SMARTS) is 1. The number of rotatable bonds is 13. The third-order valence-electron chi connectivity index (χ3n) is 6.27. The molecule has 0 aliphatic heterocycles. The Morgan fingerprint density at radius 2 is 1.90 bits per heavy atom. The highest BCUT2D eigenvalue weighted by Crippen LogP contribution is 2.32. The third-order valence-corrected chi connectivity index (χ3v) is 6.27. The molecule has 8 N–H and O–H groups in total. The zero-order chi connectivity index (χ0) is 30.4. The number of nitrogens with two attached hydrogens (primary N) is 2. The summed E-state index contributed by atoms with van der Waals surface area (Å²) in [6, 6.07) is 9.12. The molecule has 2 heterocycles. The SMILES string of the molecule is CCn1nc(C)cc1C(=O)Nc1nc2cc(C(=O)O)ccc2n1C/C=C/CNc1c(N)cc(C(N)=O)cc1OCCO. The van der Waals surface area contributed by atoms with E-state index < -0.39 is 17.8 Å². The van der Waals surface area contributed by atoms with Crippen LogP contribution < -0.4 is 26.8 Å². The third kappa shape index (κ3) is 6.50. The lowest BCUT2D eigenvalue weighted by Gasteiger charge is -2.15. The van der Waals surface area contributed by atoms with Gasteiger partial charge in [-0.15, -0.1) is 0 Å². The van der Waals surface area contributed by atoms with E-state index in [-0.39, 0.29) is 48.3 Å². The number of carbonyl (C=O) groups excluding carboxylic acids is 2. The number of anilines is 3. The minimum absolute atomic E-state index is 0.00339. The maximum absolute atomic E-state index is 13.1. The van der Waals surface area contributed by atoms with Gasteiger partial charge < -0.3 is 36.3 Å².